The van der Waals surface area contributed by atoms with E-state index in [1.54, 1.807) is 13.1 Å². The molecule has 0 spiro atoms. The van der Waals surface area contributed by atoms with Crippen LogP contribution in [-0.4, -0.2) is 46.3 Å². The minimum absolute atomic E-state index is 0.103. The topological polar surface area (TPSA) is 68.6 Å². The van der Waals surface area contributed by atoms with Gasteiger partial charge in [-0.1, -0.05) is 0 Å². The fraction of sp³-hybridized carbons (Fsp3) is 0.667. The molecule has 1 aromatic heterocycles. The van der Waals surface area contributed by atoms with Crippen molar-refractivity contribution in [1.82, 2.24) is 15.2 Å². The quantitative estimate of drug-likeness (QED) is 0.629. The first-order valence-corrected chi connectivity index (χ1v) is 7.15. The van der Waals surface area contributed by atoms with Gasteiger partial charge in [-0.25, -0.2) is 0 Å². The summed E-state index contributed by atoms with van der Waals surface area (Å²) in [6, 6.07) is 0.558. The molecule has 1 aromatic rings. The van der Waals surface area contributed by atoms with Crippen molar-refractivity contribution in [3.8, 4) is 5.75 Å². The highest BCUT2D eigenvalue weighted by Crippen LogP contribution is 2.23. The molecule has 3 N–H and O–H groups in total. The van der Waals surface area contributed by atoms with Crippen LogP contribution < -0.4 is 5.32 Å². The summed E-state index contributed by atoms with van der Waals surface area (Å²) in [6.45, 7) is 8.49. The normalized spacial score (nSPS) is 11.6. The molecule has 1 heterocycles. The van der Waals surface area contributed by atoms with Gasteiger partial charge in [-0.05, 0) is 47.3 Å². The number of nitrogens with zero attached hydrogens (tertiary/aromatic N) is 2. The van der Waals surface area contributed by atoms with E-state index in [0.29, 0.717) is 23.8 Å². The lowest BCUT2D eigenvalue weighted by Gasteiger charge is -2.20. The Morgan fingerprint density at radius 1 is 1.40 bits per heavy atom. The number of hydrogen-bond acceptors (Lipinski definition) is 5. The van der Waals surface area contributed by atoms with E-state index in [9.17, 15) is 10.2 Å². The van der Waals surface area contributed by atoms with E-state index in [1.165, 1.54) is 0 Å². The third kappa shape index (κ3) is 4.74. The van der Waals surface area contributed by atoms with Crippen LogP contribution in [-0.2, 0) is 13.2 Å². The van der Waals surface area contributed by atoms with Crippen LogP contribution in [0.1, 0.15) is 37.1 Å². The highest BCUT2D eigenvalue weighted by molar-refractivity contribution is 5.40. The number of nitrogens with one attached hydrogen (secondary N) is 1. The van der Waals surface area contributed by atoms with Crippen molar-refractivity contribution in [2.45, 2.75) is 46.4 Å². The van der Waals surface area contributed by atoms with Crippen LogP contribution in [0.5, 0.6) is 5.75 Å². The number of hydrogen-bond donors (Lipinski definition) is 3. The number of aliphatic hydroxyl groups is 1. The summed E-state index contributed by atoms with van der Waals surface area (Å²) < 4.78 is 0. The van der Waals surface area contributed by atoms with Gasteiger partial charge in [0.05, 0.1) is 12.3 Å². The van der Waals surface area contributed by atoms with Crippen LogP contribution in [0.15, 0.2) is 6.20 Å². The number of pyridine rings is 1. The van der Waals surface area contributed by atoms with Crippen LogP contribution in [0.3, 0.4) is 0 Å². The van der Waals surface area contributed by atoms with E-state index in [1.807, 2.05) is 0 Å². The van der Waals surface area contributed by atoms with Crippen molar-refractivity contribution < 1.29 is 10.2 Å². The largest absolute Gasteiger partial charge is 0.506 e. The SMILES string of the molecule is Cc1ncc(CO)c(CNCCCN(C)C(C)C)c1O. The molecule has 0 saturated carbocycles. The van der Waals surface area contributed by atoms with Gasteiger partial charge < -0.3 is 20.4 Å². The molecular weight excluding hydrogens is 254 g/mol. The Kier molecular flexibility index (Phi) is 6.91. The highest BCUT2D eigenvalue weighted by atomic mass is 16.3. The molecule has 20 heavy (non-hydrogen) atoms. The molecule has 0 saturated heterocycles. The molecule has 0 unspecified atom stereocenters. The van der Waals surface area contributed by atoms with Crippen LogP contribution >= 0.6 is 0 Å². The lowest BCUT2D eigenvalue weighted by molar-refractivity contribution is 0.268. The number of aromatic hydroxyl groups is 1. The van der Waals surface area contributed by atoms with Crippen LogP contribution in [0.25, 0.3) is 0 Å². The van der Waals surface area contributed by atoms with Gasteiger partial charge in [-0.3, -0.25) is 4.98 Å². The Morgan fingerprint density at radius 2 is 2.10 bits per heavy atom. The Hall–Kier alpha value is -1.17. The van der Waals surface area contributed by atoms with Crippen molar-refractivity contribution in [2.24, 2.45) is 0 Å². The van der Waals surface area contributed by atoms with Crippen molar-refractivity contribution >= 4 is 0 Å². The summed E-state index contributed by atoms with van der Waals surface area (Å²) in [5, 5.41) is 22.6. The number of aromatic nitrogens is 1. The first-order chi connectivity index (χ1) is 9.47. The zero-order valence-corrected chi connectivity index (χ0v) is 13.0. The number of rotatable bonds is 8. The summed E-state index contributed by atoms with van der Waals surface area (Å²) in [4.78, 5) is 6.35. The van der Waals surface area contributed by atoms with Crippen LogP contribution in [0, 0.1) is 6.92 Å². The maximum absolute atomic E-state index is 10.0. The molecule has 0 aromatic carbocycles. The highest BCUT2D eigenvalue weighted by Gasteiger charge is 2.10. The van der Waals surface area contributed by atoms with E-state index in [-0.39, 0.29) is 12.4 Å². The van der Waals surface area contributed by atoms with E-state index >= 15 is 0 Å². The summed E-state index contributed by atoms with van der Waals surface area (Å²) in [5.41, 5.74) is 2.02. The minimum Gasteiger partial charge on any atom is -0.506 e. The van der Waals surface area contributed by atoms with Gasteiger partial charge in [0.2, 0.25) is 0 Å². The van der Waals surface area contributed by atoms with Gasteiger partial charge in [-0.2, -0.15) is 0 Å². The van der Waals surface area contributed by atoms with E-state index in [4.69, 9.17) is 0 Å². The van der Waals surface area contributed by atoms with E-state index in [0.717, 1.165) is 25.1 Å². The van der Waals surface area contributed by atoms with Crippen molar-refractivity contribution in [3.63, 3.8) is 0 Å². The number of aryl methyl sites for hydroxylation is 1. The second-order valence-corrected chi connectivity index (χ2v) is 5.46. The molecule has 0 radical (unpaired) electrons. The summed E-state index contributed by atoms with van der Waals surface area (Å²) in [7, 11) is 2.12. The standard InChI is InChI=1S/C15H27N3O2/c1-11(2)18(4)7-5-6-16-9-14-13(10-19)8-17-12(3)15(14)20/h8,11,16,19-20H,5-7,9-10H2,1-4H3. The van der Waals surface area contributed by atoms with Crippen molar-refractivity contribution in [1.29, 1.82) is 0 Å². The molecule has 5 heteroatoms. The first-order valence-electron chi connectivity index (χ1n) is 7.15. The Balaban J connectivity index is 2.44. The van der Waals surface area contributed by atoms with Crippen LogP contribution in [0.2, 0.25) is 0 Å². The lowest BCUT2D eigenvalue weighted by Crippen LogP contribution is -2.29. The molecule has 0 fully saturated rings. The van der Waals surface area contributed by atoms with Crippen LogP contribution in [0.4, 0.5) is 0 Å². The maximum atomic E-state index is 10.0. The second kappa shape index (κ2) is 8.19. The fourth-order valence-corrected chi connectivity index (χ4v) is 1.94. The number of aliphatic hydroxyl groups excluding tert-OH is 1. The molecule has 0 atom stereocenters. The molecular formula is C15H27N3O2. The lowest BCUT2D eigenvalue weighted by atomic mass is 10.1. The maximum Gasteiger partial charge on any atom is 0.141 e. The average molecular weight is 281 g/mol. The summed E-state index contributed by atoms with van der Waals surface area (Å²) in [6.07, 6.45) is 2.67. The smallest absolute Gasteiger partial charge is 0.141 e. The second-order valence-electron chi connectivity index (χ2n) is 5.46. The zero-order chi connectivity index (χ0) is 15.1. The molecule has 114 valence electrons. The fourth-order valence-electron chi connectivity index (χ4n) is 1.94. The van der Waals surface area contributed by atoms with Gasteiger partial charge in [-0.15, -0.1) is 0 Å². The van der Waals surface area contributed by atoms with Gasteiger partial charge in [0, 0.05) is 29.9 Å². The Morgan fingerprint density at radius 3 is 2.70 bits per heavy atom. The van der Waals surface area contributed by atoms with Gasteiger partial charge in [0.25, 0.3) is 0 Å². The van der Waals surface area contributed by atoms with Gasteiger partial charge >= 0.3 is 0 Å². The van der Waals surface area contributed by atoms with E-state index in [2.05, 4.69) is 36.1 Å². The minimum atomic E-state index is -0.103. The summed E-state index contributed by atoms with van der Waals surface area (Å²) >= 11 is 0. The first kappa shape index (κ1) is 16.9. The van der Waals surface area contributed by atoms with Crippen molar-refractivity contribution in [2.75, 3.05) is 20.1 Å². The average Bonchev–Trinajstić information content (AvgIpc) is 2.42. The molecule has 0 amide bonds. The monoisotopic (exact) mass is 281 g/mol. The van der Waals surface area contributed by atoms with E-state index < -0.39 is 0 Å². The third-order valence-corrected chi connectivity index (χ3v) is 3.65. The molecule has 0 bridgehead atoms. The Bertz CT molecular complexity index is 422. The Labute approximate surface area is 121 Å². The predicted octanol–water partition coefficient (Wildman–Crippen LogP) is 1.41. The molecule has 1 rings (SSSR count). The molecule has 5 nitrogen and oxygen atoms in total. The third-order valence-electron chi connectivity index (χ3n) is 3.65. The van der Waals surface area contributed by atoms with Crippen molar-refractivity contribution in [3.05, 3.63) is 23.0 Å². The predicted molar refractivity (Wildman–Crippen MR) is 80.7 cm³/mol. The van der Waals surface area contributed by atoms with Gasteiger partial charge in [0.15, 0.2) is 0 Å². The zero-order valence-electron chi connectivity index (χ0n) is 13.0. The molecule has 0 aliphatic rings. The molecule has 0 aliphatic heterocycles. The van der Waals surface area contributed by atoms with Gasteiger partial charge in [0.1, 0.15) is 5.75 Å². The molecule has 0 aliphatic carbocycles. The summed E-state index contributed by atoms with van der Waals surface area (Å²) in [5.74, 6) is 0.184.